The number of nitrogens with one attached hydrogen (secondary N) is 1. The molecule has 1 N–H and O–H groups in total. The highest BCUT2D eigenvalue weighted by Gasteiger charge is 2.09. The minimum absolute atomic E-state index is 0.0144. The monoisotopic (exact) mass is 338 g/mol. The summed E-state index contributed by atoms with van der Waals surface area (Å²) in [5.74, 6) is 0.382. The lowest BCUT2D eigenvalue weighted by Crippen LogP contribution is -2.10. The normalized spacial score (nSPS) is 10.2. The molecule has 1 aromatic heterocycles. The van der Waals surface area contributed by atoms with Crippen LogP contribution in [0.25, 0.3) is 0 Å². The minimum Gasteiger partial charge on any atom is -0.489 e. The first-order chi connectivity index (χ1) is 12.1. The van der Waals surface area contributed by atoms with E-state index < -0.39 is 4.92 Å². The highest BCUT2D eigenvalue weighted by Crippen LogP contribution is 2.20. The number of anilines is 1. The topological polar surface area (TPSA) is 94.6 Å². The standard InChI is InChI=1S/C18H14N2O5/c21-18(17-8-3-9-24-17)19-14-5-2-7-16(11-14)25-12-13-4-1-6-15(10-13)20(22)23/h1-11H,12H2,(H,19,21). The average Bonchev–Trinajstić information content (AvgIpc) is 3.15. The van der Waals surface area contributed by atoms with Crippen molar-refractivity contribution in [3.05, 3.63) is 88.4 Å². The maximum absolute atomic E-state index is 12.0. The molecule has 0 atom stereocenters. The van der Waals surface area contributed by atoms with Crippen LogP contribution in [0.15, 0.2) is 71.3 Å². The van der Waals surface area contributed by atoms with Crippen LogP contribution in [0.1, 0.15) is 16.1 Å². The Bertz CT molecular complexity index is 890. The predicted molar refractivity (Wildman–Crippen MR) is 90.5 cm³/mol. The number of rotatable bonds is 6. The predicted octanol–water partition coefficient (Wildman–Crippen LogP) is 4.02. The van der Waals surface area contributed by atoms with Crippen molar-refractivity contribution in [3.63, 3.8) is 0 Å². The van der Waals surface area contributed by atoms with Crippen LogP contribution in [0.5, 0.6) is 5.75 Å². The molecular formula is C18H14N2O5. The van der Waals surface area contributed by atoms with Gasteiger partial charge in [0.15, 0.2) is 5.76 Å². The van der Waals surface area contributed by atoms with Crippen molar-refractivity contribution in [1.29, 1.82) is 0 Å². The summed E-state index contributed by atoms with van der Waals surface area (Å²) in [4.78, 5) is 22.3. The summed E-state index contributed by atoms with van der Waals surface area (Å²) in [5, 5.41) is 13.5. The Balaban J connectivity index is 1.65. The summed E-state index contributed by atoms with van der Waals surface area (Å²) in [5.41, 5.74) is 1.25. The van der Waals surface area contributed by atoms with Gasteiger partial charge in [-0.25, -0.2) is 0 Å². The largest absolute Gasteiger partial charge is 0.489 e. The number of amides is 1. The number of furan rings is 1. The Kier molecular flexibility index (Phi) is 4.75. The molecule has 3 aromatic rings. The summed E-state index contributed by atoms with van der Waals surface area (Å²) in [7, 11) is 0. The SMILES string of the molecule is O=C(Nc1cccc(OCc2cccc([N+](=O)[O-])c2)c1)c1ccco1. The number of hydrogen-bond donors (Lipinski definition) is 1. The van der Waals surface area contributed by atoms with Gasteiger partial charge in [0.1, 0.15) is 12.4 Å². The van der Waals surface area contributed by atoms with Crippen molar-refractivity contribution in [2.45, 2.75) is 6.61 Å². The minimum atomic E-state index is -0.450. The molecule has 0 aliphatic heterocycles. The molecular weight excluding hydrogens is 324 g/mol. The summed E-state index contributed by atoms with van der Waals surface area (Å²) < 4.78 is 10.7. The van der Waals surface area contributed by atoms with Crippen LogP contribution in [0.2, 0.25) is 0 Å². The van der Waals surface area contributed by atoms with Crippen molar-refractivity contribution in [2.24, 2.45) is 0 Å². The second kappa shape index (κ2) is 7.31. The lowest BCUT2D eigenvalue weighted by atomic mass is 10.2. The Labute approximate surface area is 143 Å². The van der Waals surface area contributed by atoms with Crippen LogP contribution in [-0.4, -0.2) is 10.8 Å². The Hall–Kier alpha value is -3.61. The summed E-state index contributed by atoms with van der Waals surface area (Å²) in [6.07, 6.45) is 1.42. The van der Waals surface area contributed by atoms with Gasteiger partial charge in [0.25, 0.3) is 11.6 Å². The third-order valence-electron chi connectivity index (χ3n) is 3.36. The molecule has 0 radical (unpaired) electrons. The van der Waals surface area contributed by atoms with Gasteiger partial charge in [0.05, 0.1) is 11.2 Å². The van der Waals surface area contributed by atoms with Crippen LogP contribution < -0.4 is 10.1 Å². The quantitative estimate of drug-likeness (QED) is 0.541. The second-order valence-electron chi connectivity index (χ2n) is 5.17. The molecule has 2 aromatic carbocycles. The summed E-state index contributed by atoms with van der Waals surface area (Å²) in [6.45, 7) is 0.178. The smallest absolute Gasteiger partial charge is 0.291 e. The van der Waals surface area contributed by atoms with Crippen LogP contribution >= 0.6 is 0 Å². The van der Waals surface area contributed by atoms with E-state index in [2.05, 4.69) is 5.32 Å². The third kappa shape index (κ3) is 4.23. The molecule has 0 aliphatic rings. The first kappa shape index (κ1) is 16.3. The lowest BCUT2D eigenvalue weighted by Gasteiger charge is -2.09. The Morgan fingerprint density at radius 1 is 1.12 bits per heavy atom. The van der Waals surface area contributed by atoms with Crippen LogP contribution in [0.3, 0.4) is 0 Å². The van der Waals surface area contributed by atoms with E-state index in [1.165, 1.54) is 18.4 Å². The number of nitrogens with zero attached hydrogens (tertiary/aromatic N) is 1. The molecule has 0 fully saturated rings. The summed E-state index contributed by atoms with van der Waals surface area (Å²) >= 11 is 0. The molecule has 0 saturated heterocycles. The number of carbonyl (C=O) groups excluding carboxylic acids is 1. The van der Waals surface area contributed by atoms with Crippen LogP contribution in [0, 0.1) is 10.1 Å². The van der Waals surface area contributed by atoms with Gasteiger partial charge in [0, 0.05) is 23.9 Å². The highest BCUT2D eigenvalue weighted by atomic mass is 16.6. The number of non-ortho nitro benzene ring substituents is 1. The van der Waals surface area contributed by atoms with Crippen molar-refractivity contribution in [1.82, 2.24) is 0 Å². The van der Waals surface area contributed by atoms with Gasteiger partial charge in [-0.15, -0.1) is 0 Å². The fourth-order valence-corrected chi connectivity index (χ4v) is 2.19. The number of ether oxygens (including phenoxy) is 1. The molecule has 0 bridgehead atoms. The summed E-state index contributed by atoms with van der Waals surface area (Å²) in [6, 6.07) is 16.3. The maximum Gasteiger partial charge on any atom is 0.291 e. The van der Waals surface area contributed by atoms with E-state index in [0.29, 0.717) is 17.0 Å². The molecule has 7 heteroatoms. The third-order valence-corrected chi connectivity index (χ3v) is 3.36. The molecule has 1 amide bonds. The van der Waals surface area contributed by atoms with E-state index in [0.717, 1.165) is 0 Å². The molecule has 126 valence electrons. The van der Waals surface area contributed by atoms with Gasteiger partial charge in [-0.05, 0) is 29.8 Å². The fraction of sp³-hybridized carbons (Fsp3) is 0.0556. The van der Waals surface area contributed by atoms with E-state index in [4.69, 9.17) is 9.15 Å². The van der Waals surface area contributed by atoms with E-state index in [-0.39, 0.29) is 24.0 Å². The Morgan fingerprint density at radius 3 is 2.72 bits per heavy atom. The van der Waals surface area contributed by atoms with Crippen LogP contribution in [-0.2, 0) is 6.61 Å². The van der Waals surface area contributed by atoms with E-state index in [1.54, 1.807) is 48.5 Å². The van der Waals surface area contributed by atoms with Gasteiger partial charge in [0.2, 0.25) is 0 Å². The molecule has 0 saturated carbocycles. The van der Waals surface area contributed by atoms with E-state index >= 15 is 0 Å². The van der Waals surface area contributed by atoms with Gasteiger partial charge < -0.3 is 14.5 Å². The fourth-order valence-electron chi connectivity index (χ4n) is 2.19. The van der Waals surface area contributed by atoms with Gasteiger partial charge >= 0.3 is 0 Å². The number of benzene rings is 2. The molecule has 7 nitrogen and oxygen atoms in total. The molecule has 3 rings (SSSR count). The van der Waals surface area contributed by atoms with Crippen molar-refractivity contribution < 1.29 is 18.9 Å². The van der Waals surface area contributed by atoms with E-state index in [1.807, 2.05) is 0 Å². The van der Waals surface area contributed by atoms with Gasteiger partial charge in [-0.2, -0.15) is 0 Å². The molecule has 0 unspecified atom stereocenters. The zero-order valence-electron chi connectivity index (χ0n) is 13.0. The highest BCUT2D eigenvalue weighted by molar-refractivity contribution is 6.02. The Morgan fingerprint density at radius 2 is 1.96 bits per heavy atom. The van der Waals surface area contributed by atoms with Gasteiger partial charge in [-0.3, -0.25) is 14.9 Å². The molecule has 0 aliphatic carbocycles. The molecule has 0 spiro atoms. The van der Waals surface area contributed by atoms with Crippen molar-refractivity contribution in [2.75, 3.05) is 5.32 Å². The zero-order valence-corrected chi connectivity index (χ0v) is 13.0. The first-order valence-electron chi connectivity index (χ1n) is 7.43. The molecule has 1 heterocycles. The van der Waals surface area contributed by atoms with Crippen molar-refractivity contribution in [3.8, 4) is 5.75 Å². The zero-order chi connectivity index (χ0) is 17.6. The molecule has 25 heavy (non-hydrogen) atoms. The number of nitro groups is 1. The average molecular weight is 338 g/mol. The van der Waals surface area contributed by atoms with Crippen LogP contribution in [0.4, 0.5) is 11.4 Å². The van der Waals surface area contributed by atoms with Gasteiger partial charge in [-0.1, -0.05) is 18.2 Å². The van der Waals surface area contributed by atoms with E-state index in [9.17, 15) is 14.9 Å². The number of nitro benzene ring substituents is 1. The second-order valence-corrected chi connectivity index (χ2v) is 5.17. The lowest BCUT2D eigenvalue weighted by molar-refractivity contribution is -0.384. The number of hydrogen-bond acceptors (Lipinski definition) is 5. The van der Waals surface area contributed by atoms with Crippen molar-refractivity contribution >= 4 is 17.3 Å². The first-order valence-corrected chi connectivity index (χ1v) is 7.43. The maximum atomic E-state index is 12.0. The number of carbonyl (C=O) groups is 1.